The van der Waals surface area contributed by atoms with E-state index in [1.807, 2.05) is 36.4 Å². The average Bonchev–Trinajstić information content (AvgIpc) is 3.17. The molecule has 0 unspecified atom stereocenters. The van der Waals surface area contributed by atoms with Gasteiger partial charge in [0.05, 0.1) is 12.6 Å². The average molecular weight is 422 g/mol. The van der Waals surface area contributed by atoms with E-state index in [9.17, 15) is 10.2 Å². The standard InChI is InChI=1S/C24H26N2O5/c1-29-24-20(28)9-5-11-22(24)30-13-12-25-14-16(27)15-31-21-10-4-8-19-23(21)17-6-2-3-7-18(17)26-19/h2-11,16,25-28H,12-15H2,1H3/t16-/m0/s1. The quantitative estimate of drug-likeness (QED) is 0.293. The van der Waals surface area contributed by atoms with Crippen molar-refractivity contribution in [2.75, 3.05) is 33.4 Å². The number of phenolic OH excluding ortho intramolecular Hbond substituents is 1. The molecule has 3 aromatic carbocycles. The number of hydrogen-bond donors (Lipinski definition) is 4. The van der Waals surface area contributed by atoms with E-state index in [0.717, 1.165) is 27.6 Å². The first-order chi connectivity index (χ1) is 15.2. The fourth-order valence-corrected chi connectivity index (χ4v) is 3.56. The third-order valence-electron chi connectivity index (χ3n) is 5.00. The first kappa shape index (κ1) is 20.8. The van der Waals surface area contributed by atoms with Gasteiger partial charge in [0.15, 0.2) is 11.5 Å². The molecule has 4 rings (SSSR count). The number of rotatable bonds is 10. The van der Waals surface area contributed by atoms with Crippen LogP contribution in [0.25, 0.3) is 21.8 Å². The number of methoxy groups -OCH3 is 1. The van der Waals surface area contributed by atoms with E-state index in [4.69, 9.17) is 14.2 Å². The molecule has 0 saturated carbocycles. The number of aromatic amines is 1. The van der Waals surface area contributed by atoms with Crippen LogP contribution >= 0.6 is 0 Å². The molecule has 31 heavy (non-hydrogen) atoms. The second-order valence-electron chi connectivity index (χ2n) is 7.18. The van der Waals surface area contributed by atoms with Gasteiger partial charge in [-0.15, -0.1) is 0 Å². The Bertz CT molecular complexity index is 1160. The molecule has 7 nitrogen and oxygen atoms in total. The lowest BCUT2D eigenvalue weighted by molar-refractivity contribution is 0.106. The second-order valence-corrected chi connectivity index (χ2v) is 7.18. The fourth-order valence-electron chi connectivity index (χ4n) is 3.56. The number of phenols is 1. The van der Waals surface area contributed by atoms with Crippen LogP contribution in [0.4, 0.5) is 0 Å². The Morgan fingerprint density at radius 3 is 2.58 bits per heavy atom. The van der Waals surface area contributed by atoms with Gasteiger partial charge in [-0.3, -0.25) is 0 Å². The first-order valence-electron chi connectivity index (χ1n) is 10.2. The van der Waals surface area contributed by atoms with Crippen molar-refractivity contribution in [3.63, 3.8) is 0 Å². The molecule has 4 N–H and O–H groups in total. The molecule has 0 radical (unpaired) electrons. The Hall–Kier alpha value is -3.42. The van der Waals surface area contributed by atoms with Gasteiger partial charge in [-0.2, -0.15) is 0 Å². The monoisotopic (exact) mass is 422 g/mol. The summed E-state index contributed by atoms with van der Waals surface area (Å²) < 4.78 is 16.7. The highest BCUT2D eigenvalue weighted by Crippen LogP contribution is 2.35. The Morgan fingerprint density at radius 2 is 1.71 bits per heavy atom. The summed E-state index contributed by atoms with van der Waals surface area (Å²) >= 11 is 0. The number of aliphatic hydroxyl groups is 1. The van der Waals surface area contributed by atoms with E-state index in [-0.39, 0.29) is 12.4 Å². The number of fused-ring (bicyclic) bond motifs is 3. The van der Waals surface area contributed by atoms with Crippen molar-refractivity contribution < 1.29 is 24.4 Å². The van der Waals surface area contributed by atoms with Crippen molar-refractivity contribution in [2.24, 2.45) is 0 Å². The minimum Gasteiger partial charge on any atom is -0.504 e. The minimum atomic E-state index is -0.671. The summed E-state index contributed by atoms with van der Waals surface area (Å²) in [6.45, 7) is 1.42. The highest BCUT2D eigenvalue weighted by molar-refractivity contribution is 6.10. The molecule has 4 aromatic rings. The van der Waals surface area contributed by atoms with Crippen molar-refractivity contribution in [2.45, 2.75) is 6.10 Å². The third kappa shape index (κ3) is 4.68. The molecular formula is C24H26N2O5. The molecule has 0 aliphatic heterocycles. The summed E-state index contributed by atoms with van der Waals surface area (Å²) in [6.07, 6.45) is -0.671. The highest BCUT2D eigenvalue weighted by atomic mass is 16.5. The van der Waals surface area contributed by atoms with Gasteiger partial charge in [0.1, 0.15) is 25.1 Å². The van der Waals surface area contributed by atoms with Crippen LogP contribution in [0.5, 0.6) is 23.0 Å². The summed E-state index contributed by atoms with van der Waals surface area (Å²) in [5.74, 6) is 1.56. The molecule has 0 amide bonds. The van der Waals surface area contributed by atoms with Gasteiger partial charge in [0.25, 0.3) is 0 Å². The predicted molar refractivity (Wildman–Crippen MR) is 120 cm³/mol. The van der Waals surface area contributed by atoms with Crippen molar-refractivity contribution in [3.05, 3.63) is 60.7 Å². The van der Waals surface area contributed by atoms with Crippen molar-refractivity contribution in [1.82, 2.24) is 10.3 Å². The number of aromatic nitrogens is 1. The molecular weight excluding hydrogens is 396 g/mol. The number of nitrogens with one attached hydrogen (secondary N) is 2. The highest BCUT2D eigenvalue weighted by Gasteiger charge is 2.12. The van der Waals surface area contributed by atoms with Crippen LogP contribution in [0.15, 0.2) is 60.7 Å². The molecule has 0 aliphatic rings. The largest absolute Gasteiger partial charge is 0.504 e. The summed E-state index contributed by atoms with van der Waals surface area (Å²) in [4.78, 5) is 3.39. The van der Waals surface area contributed by atoms with Crippen molar-refractivity contribution in [1.29, 1.82) is 0 Å². The molecule has 0 bridgehead atoms. The molecule has 0 fully saturated rings. The molecule has 1 atom stereocenters. The SMILES string of the molecule is COc1c(O)cccc1OCCNC[C@H](O)COc1cccc2[nH]c3ccccc3c12. The Labute approximate surface area is 180 Å². The Balaban J connectivity index is 1.26. The van der Waals surface area contributed by atoms with Gasteiger partial charge in [-0.05, 0) is 30.3 Å². The molecule has 1 aromatic heterocycles. The van der Waals surface area contributed by atoms with E-state index in [1.165, 1.54) is 13.2 Å². The lowest BCUT2D eigenvalue weighted by Gasteiger charge is -2.15. The van der Waals surface area contributed by atoms with Crippen LogP contribution < -0.4 is 19.5 Å². The number of aliphatic hydroxyl groups excluding tert-OH is 1. The van der Waals surface area contributed by atoms with E-state index in [2.05, 4.69) is 16.4 Å². The second kappa shape index (κ2) is 9.59. The van der Waals surface area contributed by atoms with Crippen LogP contribution in [0.1, 0.15) is 0 Å². The molecule has 0 spiro atoms. The maximum atomic E-state index is 10.3. The lowest BCUT2D eigenvalue weighted by Crippen LogP contribution is -2.33. The number of ether oxygens (including phenoxy) is 3. The van der Waals surface area contributed by atoms with E-state index in [1.54, 1.807) is 12.1 Å². The van der Waals surface area contributed by atoms with E-state index >= 15 is 0 Å². The molecule has 7 heteroatoms. The van der Waals surface area contributed by atoms with Crippen LogP contribution in [0.3, 0.4) is 0 Å². The third-order valence-corrected chi connectivity index (χ3v) is 5.00. The Kier molecular flexibility index (Phi) is 6.45. The van der Waals surface area contributed by atoms with Crippen LogP contribution in [0.2, 0.25) is 0 Å². The Morgan fingerprint density at radius 1 is 0.935 bits per heavy atom. The van der Waals surface area contributed by atoms with Crippen LogP contribution in [-0.2, 0) is 0 Å². The fraction of sp³-hybridized carbons (Fsp3) is 0.250. The van der Waals surface area contributed by atoms with Gasteiger partial charge in [-0.1, -0.05) is 30.3 Å². The molecule has 1 heterocycles. The zero-order valence-corrected chi connectivity index (χ0v) is 17.3. The van der Waals surface area contributed by atoms with Crippen LogP contribution in [-0.4, -0.2) is 54.7 Å². The maximum absolute atomic E-state index is 10.3. The van der Waals surface area contributed by atoms with Crippen molar-refractivity contribution >= 4 is 21.8 Å². The smallest absolute Gasteiger partial charge is 0.203 e. The van der Waals surface area contributed by atoms with E-state index in [0.29, 0.717) is 31.2 Å². The zero-order valence-electron chi connectivity index (χ0n) is 17.3. The molecule has 0 saturated heterocycles. The van der Waals surface area contributed by atoms with E-state index < -0.39 is 6.10 Å². The van der Waals surface area contributed by atoms with Gasteiger partial charge in [0.2, 0.25) is 5.75 Å². The molecule has 162 valence electrons. The van der Waals surface area contributed by atoms with Gasteiger partial charge in [0, 0.05) is 29.4 Å². The number of aromatic hydroxyl groups is 1. The number of H-pyrrole nitrogens is 1. The zero-order chi connectivity index (χ0) is 21.6. The summed E-state index contributed by atoms with van der Waals surface area (Å²) in [5, 5.41) is 25.3. The maximum Gasteiger partial charge on any atom is 0.203 e. The molecule has 0 aliphatic carbocycles. The number of para-hydroxylation sites is 2. The first-order valence-corrected chi connectivity index (χ1v) is 10.2. The summed E-state index contributed by atoms with van der Waals surface area (Å²) in [5.41, 5.74) is 2.06. The van der Waals surface area contributed by atoms with Gasteiger partial charge < -0.3 is 34.7 Å². The number of hydrogen-bond acceptors (Lipinski definition) is 6. The topological polar surface area (TPSA) is 96.0 Å². The van der Waals surface area contributed by atoms with Gasteiger partial charge >= 0.3 is 0 Å². The van der Waals surface area contributed by atoms with Gasteiger partial charge in [-0.25, -0.2) is 0 Å². The normalized spacial score (nSPS) is 12.2. The predicted octanol–water partition coefficient (Wildman–Crippen LogP) is 3.44. The van der Waals surface area contributed by atoms with Crippen molar-refractivity contribution in [3.8, 4) is 23.0 Å². The number of benzene rings is 3. The summed E-state index contributed by atoms with van der Waals surface area (Å²) in [7, 11) is 1.48. The van der Waals surface area contributed by atoms with Crippen LogP contribution in [0, 0.1) is 0 Å². The lowest BCUT2D eigenvalue weighted by atomic mass is 10.1. The minimum absolute atomic E-state index is 0.0331. The summed E-state index contributed by atoms with van der Waals surface area (Å²) in [6, 6.07) is 18.9.